The van der Waals surface area contributed by atoms with Gasteiger partial charge in [-0.3, -0.25) is 4.79 Å². The fraction of sp³-hybridized carbons (Fsp3) is 0.235. The van der Waals surface area contributed by atoms with Gasteiger partial charge in [0.25, 0.3) is 5.91 Å². The number of ether oxygens (including phenoxy) is 1. The lowest BCUT2D eigenvalue weighted by Crippen LogP contribution is -2.32. The third-order valence-corrected chi connectivity index (χ3v) is 3.14. The van der Waals surface area contributed by atoms with Crippen LogP contribution in [-0.2, 0) is 11.0 Å². The first-order chi connectivity index (χ1) is 10.9. The first-order valence-electron chi connectivity index (χ1n) is 7.10. The molecule has 0 fully saturated rings. The molecule has 0 aromatic heterocycles. The van der Waals surface area contributed by atoms with Crippen LogP contribution in [0.25, 0.3) is 0 Å². The molecule has 1 atom stereocenters. The Labute approximate surface area is 132 Å². The number of para-hydroxylation sites is 1. The molecule has 0 radical (unpaired) electrons. The molecule has 6 heteroatoms. The molecule has 1 N–H and O–H groups in total. The van der Waals surface area contributed by atoms with Gasteiger partial charge in [0.2, 0.25) is 0 Å². The summed E-state index contributed by atoms with van der Waals surface area (Å²) in [5, 5.41) is 2.67. The van der Waals surface area contributed by atoms with Crippen molar-refractivity contribution in [2.24, 2.45) is 0 Å². The van der Waals surface area contributed by atoms with Crippen LogP contribution in [0.15, 0.2) is 54.6 Å². The molecule has 0 spiro atoms. The summed E-state index contributed by atoms with van der Waals surface area (Å²) in [6, 6.07) is 13.3. The molecular formula is C17H16F3NO2. The molecule has 0 heterocycles. The maximum absolute atomic E-state index is 12.7. The number of amides is 1. The van der Waals surface area contributed by atoms with Gasteiger partial charge in [0.1, 0.15) is 5.75 Å². The third kappa shape index (κ3) is 4.74. The average Bonchev–Trinajstić information content (AvgIpc) is 2.53. The Morgan fingerprint density at radius 3 is 2.43 bits per heavy atom. The number of hydrogen-bond acceptors (Lipinski definition) is 2. The van der Waals surface area contributed by atoms with E-state index in [1.807, 2.05) is 6.07 Å². The van der Waals surface area contributed by atoms with Gasteiger partial charge >= 0.3 is 6.18 Å². The van der Waals surface area contributed by atoms with Crippen LogP contribution >= 0.6 is 0 Å². The molecule has 0 aliphatic carbocycles. The second-order valence-corrected chi connectivity index (χ2v) is 4.90. The lowest BCUT2D eigenvalue weighted by molar-refractivity contribution is -0.137. The molecule has 0 aliphatic rings. The zero-order valence-electron chi connectivity index (χ0n) is 12.4. The summed E-state index contributed by atoms with van der Waals surface area (Å²) < 4.78 is 43.5. The topological polar surface area (TPSA) is 38.3 Å². The van der Waals surface area contributed by atoms with E-state index in [1.54, 1.807) is 31.2 Å². The van der Waals surface area contributed by atoms with Crippen LogP contribution in [0.2, 0.25) is 0 Å². The van der Waals surface area contributed by atoms with Gasteiger partial charge in [0.05, 0.1) is 5.56 Å². The molecule has 2 aromatic rings. The van der Waals surface area contributed by atoms with Crippen molar-refractivity contribution >= 4 is 11.6 Å². The van der Waals surface area contributed by atoms with E-state index in [4.69, 9.17) is 4.74 Å². The second-order valence-electron chi connectivity index (χ2n) is 4.90. The highest BCUT2D eigenvalue weighted by molar-refractivity contribution is 5.94. The standard InChI is InChI=1S/C17H16F3NO2/c1-2-15(16(22)21-13-8-4-3-5-9-13)23-14-10-6-7-12(11-14)17(18,19)20/h3-11,15H,2H2,1H3,(H,21,22). The number of carbonyl (C=O) groups excluding carboxylic acids is 1. The first kappa shape index (κ1) is 16.9. The number of benzene rings is 2. The van der Waals surface area contributed by atoms with Crippen molar-refractivity contribution in [3.63, 3.8) is 0 Å². The first-order valence-corrected chi connectivity index (χ1v) is 7.10. The van der Waals surface area contributed by atoms with Gasteiger partial charge in [0.15, 0.2) is 6.10 Å². The Bertz CT molecular complexity index is 656. The highest BCUT2D eigenvalue weighted by Gasteiger charge is 2.31. The van der Waals surface area contributed by atoms with Crippen molar-refractivity contribution in [1.29, 1.82) is 0 Å². The minimum absolute atomic E-state index is 0.00915. The highest BCUT2D eigenvalue weighted by atomic mass is 19.4. The Morgan fingerprint density at radius 1 is 1.13 bits per heavy atom. The maximum atomic E-state index is 12.7. The predicted octanol–water partition coefficient (Wildman–Crippen LogP) is 4.50. The van der Waals surface area contributed by atoms with Gasteiger partial charge in [-0.05, 0) is 36.8 Å². The van der Waals surface area contributed by atoms with Gasteiger partial charge in [-0.25, -0.2) is 0 Å². The average molecular weight is 323 g/mol. The molecule has 0 aliphatic heterocycles. The quantitative estimate of drug-likeness (QED) is 0.880. The van der Waals surface area contributed by atoms with Crippen molar-refractivity contribution in [2.45, 2.75) is 25.6 Å². The van der Waals surface area contributed by atoms with Crippen LogP contribution in [0.5, 0.6) is 5.75 Å². The van der Waals surface area contributed by atoms with Gasteiger partial charge in [0, 0.05) is 5.69 Å². The van der Waals surface area contributed by atoms with E-state index >= 15 is 0 Å². The smallest absolute Gasteiger partial charge is 0.416 e. The predicted molar refractivity (Wildman–Crippen MR) is 81.2 cm³/mol. The monoisotopic (exact) mass is 323 g/mol. The van der Waals surface area contributed by atoms with Crippen LogP contribution in [0.1, 0.15) is 18.9 Å². The number of rotatable bonds is 5. The minimum atomic E-state index is -4.45. The van der Waals surface area contributed by atoms with E-state index < -0.39 is 23.8 Å². The van der Waals surface area contributed by atoms with Gasteiger partial charge < -0.3 is 10.1 Å². The number of hydrogen-bond donors (Lipinski definition) is 1. The molecule has 122 valence electrons. The second kappa shape index (κ2) is 7.17. The Kier molecular flexibility index (Phi) is 5.26. The number of alkyl halides is 3. The summed E-state index contributed by atoms with van der Waals surface area (Å²) in [5.41, 5.74) is -0.211. The number of anilines is 1. The number of nitrogens with one attached hydrogen (secondary N) is 1. The Hall–Kier alpha value is -2.50. The maximum Gasteiger partial charge on any atom is 0.416 e. The molecule has 0 saturated heterocycles. The Morgan fingerprint density at radius 2 is 1.83 bits per heavy atom. The molecule has 23 heavy (non-hydrogen) atoms. The molecule has 1 amide bonds. The molecule has 2 rings (SSSR count). The molecule has 2 aromatic carbocycles. The molecule has 1 unspecified atom stereocenters. The van der Waals surface area contributed by atoms with Gasteiger partial charge in [-0.15, -0.1) is 0 Å². The van der Waals surface area contributed by atoms with Crippen LogP contribution in [0.3, 0.4) is 0 Å². The van der Waals surface area contributed by atoms with Crippen LogP contribution in [0, 0.1) is 0 Å². The zero-order valence-corrected chi connectivity index (χ0v) is 12.4. The lowest BCUT2D eigenvalue weighted by Gasteiger charge is -2.18. The third-order valence-electron chi connectivity index (χ3n) is 3.14. The summed E-state index contributed by atoms with van der Waals surface area (Å²) in [6.07, 6.45) is -5.00. The molecule has 0 bridgehead atoms. The van der Waals surface area contributed by atoms with E-state index in [-0.39, 0.29) is 5.75 Å². The number of carbonyl (C=O) groups is 1. The SMILES string of the molecule is CCC(Oc1cccc(C(F)(F)F)c1)C(=O)Nc1ccccc1. The summed E-state index contributed by atoms with van der Waals surface area (Å²) in [5.74, 6) is -0.397. The zero-order chi connectivity index (χ0) is 16.9. The highest BCUT2D eigenvalue weighted by Crippen LogP contribution is 2.31. The van der Waals surface area contributed by atoms with Crippen molar-refractivity contribution < 1.29 is 22.7 Å². The van der Waals surface area contributed by atoms with Crippen molar-refractivity contribution in [3.05, 3.63) is 60.2 Å². The van der Waals surface area contributed by atoms with E-state index in [1.165, 1.54) is 12.1 Å². The van der Waals surface area contributed by atoms with Gasteiger partial charge in [-0.2, -0.15) is 13.2 Å². The van der Waals surface area contributed by atoms with E-state index in [0.29, 0.717) is 12.1 Å². The summed E-state index contributed by atoms with van der Waals surface area (Å²) in [4.78, 5) is 12.2. The molecule has 0 saturated carbocycles. The number of halogens is 3. The van der Waals surface area contributed by atoms with Crippen molar-refractivity contribution in [3.8, 4) is 5.75 Å². The fourth-order valence-electron chi connectivity index (χ4n) is 1.98. The van der Waals surface area contributed by atoms with Crippen LogP contribution in [-0.4, -0.2) is 12.0 Å². The van der Waals surface area contributed by atoms with E-state index in [2.05, 4.69) is 5.32 Å². The van der Waals surface area contributed by atoms with Gasteiger partial charge in [-0.1, -0.05) is 31.2 Å². The summed E-state index contributed by atoms with van der Waals surface area (Å²) in [6.45, 7) is 1.73. The van der Waals surface area contributed by atoms with Crippen molar-refractivity contribution in [2.75, 3.05) is 5.32 Å². The largest absolute Gasteiger partial charge is 0.481 e. The van der Waals surface area contributed by atoms with E-state index in [0.717, 1.165) is 12.1 Å². The van der Waals surface area contributed by atoms with Crippen LogP contribution in [0.4, 0.5) is 18.9 Å². The summed E-state index contributed by atoms with van der Waals surface area (Å²) >= 11 is 0. The van der Waals surface area contributed by atoms with Crippen molar-refractivity contribution in [1.82, 2.24) is 0 Å². The fourth-order valence-corrected chi connectivity index (χ4v) is 1.98. The molecule has 3 nitrogen and oxygen atoms in total. The molecular weight excluding hydrogens is 307 g/mol. The van der Waals surface area contributed by atoms with E-state index in [9.17, 15) is 18.0 Å². The minimum Gasteiger partial charge on any atom is -0.481 e. The lowest BCUT2D eigenvalue weighted by atomic mass is 10.2. The Balaban J connectivity index is 2.09. The normalized spacial score (nSPS) is 12.5. The summed E-state index contributed by atoms with van der Waals surface area (Å²) in [7, 11) is 0. The van der Waals surface area contributed by atoms with Crippen LogP contribution < -0.4 is 10.1 Å².